The number of ether oxygens (including phenoxy) is 4. The SMILES string of the molecule is CC[C@H](O)[C@@H](C)[C@H]1O[C@@H]1CC(C)(O)/C=C/C=C(\C)[C@H]1OC(=O)C[C@H](O)CC[C@@](C)(O)[C@@H](OC(=O)N2CCN(CCN(C)C(=O)OCc3ccc(NC(=O)[C@H](CCCNC(N)=O)NC(=O)[C@@H](NC(=O)CCCCCN4C(=O)C=CC4=O)C(C)C)cc3)CC2)/C=C/[C@@H]1C. The smallest absolute Gasteiger partial charge is 0.410 e. The van der Waals surface area contributed by atoms with E-state index in [0.717, 1.165) is 4.90 Å². The molecule has 4 heterocycles. The number of allylic oxidation sites excluding steroid dienone is 2. The summed E-state index contributed by atoms with van der Waals surface area (Å²) < 4.78 is 23.3. The van der Waals surface area contributed by atoms with Gasteiger partial charge in [0.1, 0.15) is 30.4 Å². The fourth-order valence-corrected chi connectivity index (χ4v) is 10.9. The second kappa shape index (κ2) is 35.6. The highest BCUT2D eigenvalue weighted by atomic mass is 16.6. The molecule has 10 N–H and O–H groups in total. The van der Waals surface area contributed by atoms with Gasteiger partial charge < -0.3 is 76.2 Å². The molecule has 0 aliphatic carbocycles. The maximum atomic E-state index is 13.8. The van der Waals surface area contributed by atoms with Gasteiger partial charge in [-0.25, -0.2) is 14.4 Å². The van der Waals surface area contributed by atoms with Crippen LogP contribution in [0.4, 0.5) is 20.1 Å². The lowest BCUT2D eigenvalue weighted by Crippen LogP contribution is -2.54. The number of cyclic esters (lactones) is 1. The molecule has 5 rings (SSSR count). The number of primary amides is 1. The van der Waals surface area contributed by atoms with Gasteiger partial charge in [-0.3, -0.25) is 38.6 Å². The lowest BCUT2D eigenvalue weighted by molar-refractivity contribution is -0.151. The standard InChI is InChI=1S/C65H99N9O17/c1-10-49(76)44(6)58-50(89-58)39-64(7,86)28-14-16-42(4)57-43(5)19-24-51(65(8,87)29-27-47(75)38-55(80)91-57)90-63(85)73-36-34-72(35-37-73)33-32-71(9)62(84)88-40-45-20-22-46(23-21-45)68-59(81)48(17-15-30-67-61(66)83)69-60(82)56(41(2)3)70-52(77)18-12-11-13-31-74-53(78)25-26-54(74)79/h14,16,19-26,28,41,43-44,47-51,56-58,75-76,86-87H,10-13,15,17-18,27,29-40H2,1-9H3,(H,68,81)(H,69,82)(H,70,77)(H3,66,67,83)/b24-19+,28-14+,42-16+/t43-,44+,47+,48-,49-,50+,51-,56-,57+,58+,64?,65+/m0/s1. The zero-order valence-corrected chi connectivity index (χ0v) is 54.3. The van der Waals surface area contributed by atoms with E-state index >= 15 is 0 Å². The zero-order chi connectivity index (χ0) is 67.2. The average Bonchev–Trinajstić information content (AvgIpc) is 2.25. The van der Waals surface area contributed by atoms with Crippen molar-refractivity contribution < 1.29 is 82.5 Å². The third-order valence-electron chi connectivity index (χ3n) is 16.9. The van der Waals surface area contributed by atoms with E-state index < -0.39 is 89.6 Å². The second-order valence-corrected chi connectivity index (χ2v) is 25.3. The number of carbonyl (C=O) groups is 9. The zero-order valence-electron chi connectivity index (χ0n) is 54.3. The molecule has 2 fully saturated rings. The minimum Gasteiger partial charge on any atom is -0.457 e. The summed E-state index contributed by atoms with van der Waals surface area (Å²) in [7, 11) is 1.61. The van der Waals surface area contributed by atoms with E-state index in [4.69, 9.17) is 24.7 Å². The van der Waals surface area contributed by atoms with Crippen LogP contribution in [-0.4, -0.2) is 213 Å². The number of anilines is 1. The number of likely N-dealkylation sites (N-methyl/N-ethyl adjacent to an activating group) is 1. The van der Waals surface area contributed by atoms with Gasteiger partial charge in [0, 0.05) is 102 Å². The summed E-state index contributed by atoms with van der Waals surface area (Å²) in [4.78, 5) is 121. The number of hydrogen-bond acceptors (Lipinski definition) is 18. The van der Waals surface area contributed by atoms with Gasteiger partial charge in [-0.15, -0.1) is 0 Å². The Balaban J connectivity index is 1.07. The Morgan fingerprint density at radius 3 is 2.27 bits per heavy atom. The topological polar surface area (TPSA) is 362 Å². The summed E-state index contributed by atoms with van der Waals surface area (Å²) in [6.07, 6.45) is 8.36. The Hall–Kier alpha value is -7.23. The number of imide groups is 1. The fraction of sp³-hybridized carbons (Fsp3) is 0.646. The van der Waals surface area contributed by atoms with E-state index in [9.17, 15) is 63.6 Å². The van der Waals surface area contributed by atoms with Crippen LogP contribution in [0.2, 0.25) is 0 Å². The average molecular weight is 1280 g/mol. The molecular formula is C65H99N9O17. The lowest BCUT2D eigenvalue weighted by atomic mass is 9.88. The Bertz CT molecular complexity index is 2740. The molecule has 0 radical (unpaired) electrons. The number of carbonyl (C=O) groups excluding carboxylic acids is 9. The number of piperazine rings is 1. The predicted octanol–water partition coefficient (Wildman–Crippen LogP) is 4.09. The van der Waals surface area contributed by atoms with Crippen LogP contribution in [0.3, 0.4) is 0 Å². The van der Waals surface area contributed by atoms with Gasteiger partial charge in [-0.1, -0.05) is 77.5 Å². The van der Waals surface area contributed by atoms with Crippen LogP contribution in [-0.2, 0) is 54.3 Å². The highest BCUT2D eigenvalue weighted by Gasteiger charge is 2.47. The number of hydrogen-bond donors (Lipinski definition) is 9. The Labute approximate surface area is 534 Å². The number of epoxide rings is 1. The molecule has 506 valence electrons. The summed E-state index contributed by atoms with van der Waals surface area (Å²) in [6, 6.07) is 3.77. The number of urea groups is 1. The van der Waals surface area contributed by atoms with Crippen molar-refractivity contribution in [3.8, 4) is 0 Å². The summed E-state index contributed by atoms with van der Waals surface area (Å²) in [5.74, 6) is -3.77. The molecular weight excluding hydrogens is 1180 g/mol. The molecule has 1 aromatic carbocycles. The molecule has 0 aromatic heterocycles. The molecule has 1 unspecified atom stereocenters. The lowest BCUT2D eigenvalue weighted by Gasteiger charge is -2.37. The maximum Gasteiger partial charge on any atom is 0.410 e. The summed E-state index contributed by atoms with van der Waals surface area (Å²) >= 11 is 0. The number of benzene rings is 1. The number of aliphatic hydroxyl groups is 4. The van der Waals surface area contributed by atoms with Crippen LogP contribution in [0.15, 0.2) is 72.4 Å². The van der Waals surface area contributed by atoms with Crippen LogP contribution < -0.4 is 27.0 Å². The van der Waals surface area contributed by atoms with E-state index in [-0.39, 0.29) is 100.0 Å². The van der Waals surface area contributed by atoms with E-state index in [1.165, 1.54) is 24.0 Å². The van der Waals surface area contributed by atoms with Crippen molar-refractivity contribution in [2.45, 2.75) is 193 Å². The van der Waals surface area contributed by atoms with E-state index in [2.05, 4.69) is 26.2 Å². The normalized spacial score (nSPS) is 24.8. The van der Waals surface area contributed by atoms with Crippen molar-refractivity contribution in [2.24, 2.45) is 23.5 Å². The number of nitrogens with zero attached hydrogens (tertiary/aromatic N) is 4. The number of unbranched alkanes of at least 4 members (excludes halogenated alkanes) is 2. The van der Waals surface area contributed by atoms with Crippen LogP contribution in [0.25, 0.3) is 0 Å². The summed E-state index contributed by atoms with van der Waals surface area (Å²) in [6.45, 7) is 16.8. The van der Waals surface area contributed by atoms with Gasteiger partial charge in [0.2, 0.25) is 17.7 Å². The third kappa shape index (κ3) is 24.7. The molecule has 91 heavy (non-hydrogen) atoms. The number of nitrogens with two attached hydrogens (primary N) is 1. The highest BCUT2D eigenvalue weighted by molar-refractivity contribution is 6.12. The van der Waals surface area contributed by atoms with E-state index in [0.29, 0.717) is 88.2 Å². The monoisotopic (exact) mass is 1280 g/mol. The first kappa shape index (κ1) is 74.5. The highest BCUT2D eigenvalue weighted by Crippen LogP contribution is 2.38. The first-order valence-corrected chi connectivity index (χ1v) is 31.8. The van der Waals surface area contributed by atoms with E-state index in [1.54, 1.807) is 94.3 Å². The van der Waals surface area contributed by atoms with Crippen molar-refractivity contribution >= 4 is 59.4 Å². The van der Waals surface area contributed by atoms with Gasteiger partial charge >= 0.3 is 24.2 Å². The molecule has 0 spiro atoms. The van der Waals surface area contributed by atoms with Crippen LogP contribution in [0.5, 0.6) is 0 Å². The number of rotatable bonds is 30. The van der Waals surface area contributed by atoms with Crippen LogP contribution in [0, 0.1) is 17.8 Å². The minimum absolute atomic E-state index is 0.00454. The first-order chi connectivity index (χ1) is 43.0. The van der Waals surface area contributed by atoms with Gasteiger partial charge in [0.25, 0.3) is 11.8 Å². The molecule has 2 saturated heterocycles. The van der Waals surface area contributed by atoms with Crippen molar-refractivity contribution in [1.82, 2.24) is 35.6 Å². The summed E-state index contributed by atoms with van der Waals surface area (Å²) in [5, 5.41) is 54.8. The van der Waals surface area contributed by atoms with Crippen molar-refractivity contribution in [3.05, 3.63) is 77.9 Å². The van der Waals surface area contributed by atoms with Crippen molar-refractivity contribution in [3.63, 3.8) is 0 Å². The molecule has 9 amide bonds. The van der Waals surface area contributed by atoms with Gasteiger partial charge in [-0.05, 0) is 101 Å². The Kier molecular flexibility index (Phi) is 29.1. The largest absolute Gasteiger partial charge is 0.457 e. The quantitative estimate of drug-likeness (QED) is 0.00996. The van der Waals surface area contributed by atoms with E-state index in [1.807, 2.05) is 20.8 Å². The second-order valence-electron chi connectivity index (χ2n) is 25.3. The van der Waals surface area contributed by atoms with Crippen LogP contribution in [0.1, 0.15) is 132 Å². The molecule has 26 nitrogen and oxygen atoms in total. The van der Waals surface area contributed by atoms with Crippen molar-refractivity contribution in [2.75, 3.05) is 64.7 Å². The third-order valence-corrected chi connectivity index (χ3v) is 16.9. The summed E-state index contributed by atoms with van der Waals surface area (Å²) in [5.41, 5.74) is 4.02. The first-order valence-electron chi connectivity index (χ1n) is 31.8. The van der Waals surface area contributed by atoms with Crippen LogP contribution >= 0.6 is 0 Å². The van der Waals surface area contributed by atoms with Gasteiger partial charge in [-0.2, -0.15) is 0 Å². The van der Waals surface area contributed by atoms with Crippen molar-refractivity contribution in [1.29, 1.82) is 0 Å². The number of aliphatic hydroxyl groups excluding tert-OH is 2. The molecule has 0 saturated carbocycles. The molecule has 4 aliphatic heterocycles. The van der Waals surface area contributed by atoms with Gasteiger partial charge in [0.15, 0.2) is 6.10 Å². The number of amides is 9. The molecule has 0 bridgehead atoms. The van der Waals surface area contributed by atoms with Gasteiger partial charge in [0.05, 0.1) is 36.4 Å². The molecule has 26 heteroatoms. The minimum atomic E-state index is -1.63. The Morgan fingerprint density at radius 1 is 0.945 bits per heavy atom. The fourth-order valence-electron chi connectivity index (χ4n) is 10.9. The Morgan fingerprint density at radius 2 is 1.63 bits per heavy atom. The maximum absolute atomic E-state index is 13.8. The molecule has 12 atom stereocenters. The predicted molar refractivity (Wildman–Crippen MR) is 337 cm³/mol. The molecule has 4 aliphatic rings. The molecule has 1 aromatic rings. The number of esters is 1. The number of nitrogens with one attached hydrogen (secondary N) is 4.